The molecule has 0 saturated carbocycles. The van der Waals surface area contributed by atoms with Crippen LogP contribution in [-0.4, -0.2) is 11.9 Å². The molecule has 0 bridgehead atoms. The average molecular weight is 308 g/mol. The molecule has 2 aromatic rings. The van der Waals surface area contributed by atoms with Crippen LogP contribution in [0.2, 0.25) is 0 Å². The zero-order chi connectivity index (χ0) is 16.4. The summed E-state index contributed by atoms with van der Waals surface area (Å²) in [6, 6.07) is 16.2. The highest BCUT2D eigenvalue weighted by Crippen LogP contribution is 2.34. The van der Waals surface area contributed by atoms with Crippen LogP contribution < -0.4 is 10.2 Å². The minimum absolute atomic E-state index is 0.145. The maximum absolute atomic E-state index is 13.0. The molecule has 120 valence electrons. The molecule has 0 aromatic heterocycles. The van der Waals surface area contributed by atoms with Crippen LogP contribution in [0.3, 0.4) is 0 Å². The number of hydrogen-bond acceptors (Lipinski definition) is 2. The van der Waals surface area contributed by atoms with E-state index >= 15 is 0 Å². The molecule has 1 heterocycles. The molecule has 0 fully saturated rings. The van der Waals surface area contributed by atoms with Gasteiger partial charge in [-0.3, -0.25) is 4.79 Å². The van der Waals surface area contributed by atoms with Gasteiger partial charge >= 0.3 is 0 Å². The van der Waals surface area contributed by atoms with Crippen LogP contribution in [0.15, 0.2) is 48.5 Å². The molecule has 1 unspecified atom stereocenters. The molecule has 3 rings (SSSR count). The van der Waals surface area contributed by atoms with Gasteiger partial charge in [-0.25, -0.2) is 0 Å². The molecule has 1 aliphatic heterocycles. The molecular formula is C20H24N2O. The highest BCUT2D eigenvalue weighted by Gasteiger charge is 2.32. The van der Waals surface area contributed by atoms with Gasteiger partial charge in [-0.1, -0.05) is 50.2 Å². The number of carbonyl (C=O) groups excluding carboxylic acids is 1. The van der Waals surface area contributed by atoms with Crippen molar-refractivity contribution in [3.8, 4) is 0 Å². The van der Waals surface area contributed by atoms with Gasteiger partial charge in [-0.15, -0.1) is 0 Å². The van der Waals surface area contributed by atoms with Crippen LogP contribution in [0, 0.1) is 12.8 Å². The lowest BCUT2D eigenvalue weighted by molar-refractivity contribution is -0.120. The van der Waals surface area contributed by atoms with Gasteiger partial charge in [0.2, 0.25) is 5.91 Å². The first-order chi connectivity index (χ1) is 11.1. The Morgan fingerprint density at radius 1 is 1.09 bits per heavy atom. The molecule has 1 atom stereocenters. The van der Waals surface area contributed by atoms with Crippen molar-refractivity contribution in [3.63, 3.8) is 0 Å². The SMILES string of the molecule is Cc1ccccc1CN1C(=O)C(CC(C)C)Nc2ccccc21. The Kier molecular flexibility index (Phi) is 4.37. The first-order valence-corrected chi connectivity index (χ1v) is 8.27. The maximum atomic E-state index is 13.0. The van der Waals surface area contributed by atoms with Gasteiger partial charge in [0.05, 0.1) is 17.9 Å². The Balaban J connectivity index is 1.96. The first kappa shape index (κ1) is 15.6. The third-order valence-electron chi connectivity index (χ3n) is 4.39. The number of carbonyl (C=O) groups is 1. The molecule has 0 saturated heterocycles. The Morgan fingerprint density at radius 2 is 1.78 bits per heavy atom. The molecule has 3 nitrogen and oxygen atoms in total. The van der Waals surface area contributed by atoms with Crippen molar-refractivity contribution >= 4 is 17.3 Å². The molecular weight excluding hydrogens is 284 g/mol. The van der Waals surface area contributed by atoms with Gasteiger partial charge in [0.15, 0.2) is 0 Å². The van der Waals surface area contributed by atoms with Crippen molar-refractivity contribution in [2.45, 2.75) is 39.8 Å². The lowest BCUT2D eigenvalue weighted by Gasteiger charge is -2.36. The number of anilines is 2. The molecule has 23 heavy (non-hydrogen) atoms. The van der Waals surface area contributed by atoms with Crippen molar-refractivity contribution in [2.75, 3.05) is 10.2 Å². The summed E-state index contributed by atoms with van der Waals surface area (Å²) in [5.74, 6) is 0.641. The van der Waals surface area contributed by atoms with Crippen molar-refractivity contribution in [1.29, 1.82) is 0 Å². The Labute approximate surface area is 138 Å². The maximum Gasteiger partial charge on any atom is 0.249 e. The highest BCUT2D eigenvalue weighted by molar-refractivity contribution is 6.04. The third-order valence-corrected chi connectivity index (χ3v) is 4.39. The quantitative estimate of drug-likeness (QED) is 0.909. The Hall–Kier alpha value is -2.29. The largest absolute Gasteiger partial charge is 0.372 e. The predicted molar refractivity (Wildman–Crippen MR) is 95.7 cm³/mol. The average Bonchev–Trinajstić information content (AvgIpc) is 2.52. The number of fused-ring (bicyclic) bond motifs is 1. The number of aryl methyl sites for hydroxylation is 1. The summed E-state index contributed by atoms with van der Waals surface area (Å²) in [5.41, 5.74) is 4.43. The van der Waals surface area contributed by atoms with E-state index in [2.05, 4.69) is 44.3 Å². The van der Waals surface area contributed by atoms with Crippen molar-refractivity contribution in [3.05, 3.63) is 59.7 Å². The van der Waals surface area contributed by atoms with Crippen molar-refractivity contribution < 1.29 is 4.79 Å². The van der Waals surface area contributed by atoms with Crippen LogP contribution in [0.25, 0.3) is 0 Å². The zero-order valence-electron chi connectivity index (χ0n) is 14.0. The van der Waals surface area contributed by atoms with Crippen LogP contribution in [0.1, 0.15) is 31.4 Å². The number of nitrogens with zero attached hydrogens (tertiary/aromatic N) is 1. The van der Waals surface area contributed by atoms with Crippen LogP contribution >= 0.6 is 0 Å². The van der Waals surface area contributed by atoms with E-state index in [0.717, 1.165) is 17.8 Å². The van der Waals surface area contributed by atoms with E-state index in [1.807, 2.05) is 35.2 Å². The molecule has 1 amide bonds. The summed E-state index contributed by atoms with van der Waals surface area (Å²) in [6.45, 7) is 7.03. The first-order valence-electron chi connectivity index (χ1n) is 8.27. The zero-order valence-corrected chi connectivity index (χ0v) is 14.0. The van der Waals surface area contributed by atoms with E-state index in [4.69, 9.17) is 0 Å². The normalized spacial score (nSPS) is 17.1. The highest BCUT2D eigenvalue weighted by atomic mass is 16.2. The minimum atomic E-state index is -0.145. The molecule has 0 aliphatic carbocycles. The number of benzene rings is 2. The summed E-state index contributed by atoms with van der Waals surface area (Å²) in [7, 11) is 0. The molecule has 0 radical (unpaired) electrons. The predicted octanol–water partition coefficient (Wildman–Crippen LogP) is 4.37. The fraction of sp³-hybridized carbons (Fsp3) is 0.350. The molecule has 2 aromatic carbocycles. The summed E-state index contributed by atoms with van der Waals surface area (Å²) in [6.07, 6.45) is 0.845. The fourth-order valence-electron chi connectivity index (χ4n) is 3.14. The number of nitrogens with one attached hydrogen (secondary N) is 1. The van der Waals surface area contributed by atoms with Crippen molar-refractivity contribution in [2.24, 2.45) is 5.92 Å². The lowest BCUT2D eigenvalue weighted by Crippen LogP contribution is -2.47. The standard InChI is InChI=1S/C20H24N2O/c1-14(2)12-18-20(23)22(13-16-9-5-4-8-15(16)3)19-11-7-6-10-17(19)21-18/h4-11,14,18,21H,12-13H2,1-3H3. The van der Waals surface area contributed by atoms with Crippen LogP contribution in [-0.2, 0) is 11.3 Å². The van der Waals surface area contributed by atoms with E-state index in [1.54, 1.807) is 0 Å². The van der Waals surface area contributed by atoms with Crippen molar-refractivity contribution in [1.82, 2.24) is 0 Å². The second-order valence-electron chi connectivity index (χ2n) is 6.69. The number of para-hydroxylation sites is 2. The molecule has 0 spiro atoms. The topological polar surface area (TPSA) is 32.3 Å². The monoisotopic (exact) mass is 308 g/mol. The smallest absolute Gasteiger partial charge is 0.249 e. The minimum Gasteiger partial charge on any atom is -0.372 e. The van der Waals surface area contributed by atoms with Gasteiger partial charge in [0.25, 0.3) is 0 Å². The van der Waals surface area contributed by atoms with Gasteiger partial charge in [0, 0.05) is 0 Å². The molecule has 1 N–H and O–H groups in total. The number of hydrogen-bond donors (Lipinski definition) is 1. The summed E-state index contributed by atoms with van der Waals surface area (Å²) in [4.78, 5) is 14.9. The van der Waals surface area contributed by atoms with Gasteiger partial charge < -0.3 is 10.2 Å². The Bertz CT molecular complexity index is 708. The molecule has 1 aliphatic rings. The summed E-state index contributed by atoms with van der Waals surface area (Å²) >= 11 is 0. The third kappa shape index (κ3) is 3.24. The van der Waals surface area contributed by atoms with Gasteiger partial charge in [-0.2, -0.15) is 0 Å². The van der Waals surface area contributed by atoms with E-state index in [0.29, 0.717) is 12.5 Å². The summed E-state index contributed by atoms with van der Waals surface area (Å²) in [5, 5.41) is 3.42. The second-order valence-corrected chi connectivity index (χ2v) is 6.69. The number of rotatable bonds is 4. The van der Waals surface area contributed by atoms with Crippen LogP contribution in [0.4, 0.5) is 11.4 Å². The summed E-state index contributed by atoms with van der Waals surface area (Å²) < 4.78 is 0. The van der Waals surface area contributed by atoms with E-state index < -0.39 is 0 Å². The van der Waals surface area contributed by atoms with E-state index in [1.165, 1.54) is 11.1 Å². The van der Waals surface area contributed by atoms with E-state index in [-0.39, 0.29) is 11.9 Å². The second kappa shape index (κ2) is 6.45. The lowest BCUT2D eigenvalue weighted by atomic mass is 9.98. The Morgan fingerprint density at radius 3 is 2.52 bits per heavy atom. The van der Waals surface area contributed by atoms with Gasteiger partial charge in [-0.05, 0) is 42.5 Å². The fourth-order valence-corrected chi connectivity index (χ4v) is 3.14. The van der Waals surface area contributed by atoms with Crippen LogP contribution in [0.5, 0.6) is 0 Å². The van der Waals surface area contributed by atoms with E-state index in [9.17, 15) is 4.79 Å². The molecule has 3 heteroatoms. The number of amides is 1. The van der Waals surface area contributed by atoms with Gasteiger partial charge in [0.1, 0.15) is 6.04 Å².